The Bertz CT molecular complexity index is 495. The number of allylic oxidation sites excluding steroid dienone is 5. The van der Waals surface area contributed by atoms with Crippen LogP contribution in [0.2, 0.25) is 0 Å². The van der Waals surface area contributed by atoms with Crippen molar-refractivity contribution >= 4 is 11.9 Å². The summed E-state index contributed by atoms with van der Waals surface area (Å²) in [7, 11) is 0. The predicted octanol–water partition coefficient (Wildman–Crippen LogP) is 3.18. The number of pyridine rings is 1. The molecule has 0 radical (unpaired) electrons. The lowest BCUT2D eigenvalue weighted by Crippen LogP contribution is -2.00. The zero-order valence-electron chi connectivity index (χ0n) is 9.18. The van der Waals surface area contributed by atoms with Gasteiger partial charge in [0.2, 0.25) is 0 Å². The van der Waals surface area contributed by atoms with Crippen molar-refractivity contribution in [3.8, 4) is 0 Å². The highest BCUT2D eigenvalue weighted by molar-refractivity contribution is 6.02. The Kier molecular flexibility index (Phi) is 3.10. The Morgan fingerprint density at radius 1 is 1.38 bits per heavy atom. The van der Waals surface area contributed by atoms with Gasteiger partial charge < -0.3 is 0 Å². The van der Waals surface area contributed by atoms with E-state index in [4.69, 9.17) is 0 Å². The zero-order chi connectivity index (χ0) is 11.4. The molecular weight excluding hydrogens is 198 g/mol. The van der Waals surface area contributed by atoms with Crippen molar-refractivity contribution in [2.45, 2.75) is 13.3 Å². The molecule has 1 aromatic heterocycles. The van der Waals surface area contributed by atoms with Crippen LogP contribution in [0.25, 0.3) is 6.08 Å². The van der Waals surface area contributed by atoms with Crippen LogP contribution in [0.3, 0.4) is 0 Å². The summed E-state index contributed by atoms with van der Waals surface area (Å²) in [5, 5.41) is 0. The van der Waals surface area contributed by atoms with Crippen molar-refractivity contribution in [1.82, 2.24) is 4.98 Å². The monoisotopic (exact) mass is 211 g/mol. The second-order valence-electron chi connectivity index (χ2n) is 3.66. The first kappa shape index (κ1) is 10.6. The number of hydrogen-bond donors (Lipinski definition) is 0. The van der Waals surface area contributed by atoms with Gasteiger partial charge in [-0.2, -0.15) is 0 Å². The maximum atomic E-state index is 11.9. The Labute approximate surface area is 95.0 Å². The topological polar surface area (TPSA) is 30.0 Å². The molecule has 1 heterocycles. The van der Waals surface area contributed by atoms with Crippen LogP contribution in [0.15, 0.2) is 48.3 Å². The fraction of sp³-hybridized carbons (Fsp3) is 0.143. The van der Waals surface area contributed by atoms with E-state index in [1.54, 1.807) is 18.5 Å². The summed E-state index contributed by atoms with van der Waals surface area (Å²) in [5.74, 6) is 0.151. The highest BCUT2D eigenvalue weighted by Crippen LogP contribution is 2.20. The van der Waals surface area contributed by atoms with Gasteiger partial charge in [0.1, 0.15) is 0 Å². The number of ketones is 1. The number of aromatic nitrogens is 1. The van der Waals surface area contributed by atoms with Crippen molar-refractivity contribution in [3.63, 3.8) is 0 Å². The minimum Gasteiger partial charge on any atom is -0.294 e. The van der Waals surface area contributed by atoms with Crippen molar-refractivity contribution in [2.75, 3.05) is 0 Å². The number of fused-ring (bicyclic) bond motifs is 1. The van der Waals surface area contributed by atoms with Gasteiger partial charge in [-0.3, -0.25) is 9.78 Å². The van der Waals surface area contributed by atoms with Gasteiger partial charge in [-0.15, -0.1) is 0 Å². The highest BCUT2D eigenvalue weighted by atomic mass is 16.1. The molecule has 0 aromatic carbocycles. The molecule has 0 fully saturated rings. The summed E-state index contributed by atoms with van der Waals surface area (Å²) >= 11 is 0. The first-order chi connectivity index (χ1) is 7.81. The van der Waals surface area contributed by atoms with Crippen LogP contribution in [-0.4, -0.2) is 10.8 Å². The molecule has 0 atom stereocenters. The van der Waals surface area contributed by atoms with Gasteiger partial charge in [0, 0.05) is 29.9 Å². The maximum absolute atomic E-state index is 11.9. The van der Waals surface area contributed by atoms with Crippen LogP contribution < -0.4 is 0 Å². The van der Waals surface area contributed by atoms with Gasteiger partial charge >= 0.3 is 0 Å². The average Bonchev–Trinajstić information content (AvgIpc) is 2.47. The third-order valence-electron chi connectivity index (χ3n) is 2.50. The van der Waals surface area contributed by atoms with E-state index in [0.717, 1.165) is 16.7 Å². The highest BCUT2D eigenvalue weighted by Gasteiger charge is 2.13. The second kappa shape index (κ2) is 4.71. The van der Waals surface area contributed by atoms with Crippen LogP contribution in [0.5, 0.6) is 0 Å². The molecule has 2 rings (SSSR count). The number of carbonyl (C=O) groups is 1. The Morgan fingerprint density at radius 2 is 2.25 bits per heavy atom. The fourth-order valence-electron chi connectivity index (χ4n) is 1.66. The van der Waals surface area contributed by atoms with E-state index in [1.165, 1.54) is 0 Å². The largest absolute Gasteiger partial charge is 0.294 e. The standard InChI is InChI=1S/C14H13NO/c1-2-3-4-11-5-6-12-10-15-8-7-13(12)14(16)9-11/h2-8,10H,9H2,1H3/b3-2-,11-4-. The summed E-state index contributed by atoms with van der Waals surface area (Å²) in [6, 6.07) is 1.78. The van der Waals surface area contributed by atoms with Crippen LogP contribution >= 0.6 is 0 Å². The van der Waals surface area contributed by atoms with Crippen molar-refractivity contribution in [1.29, 1.82) is 0 Å². The maximum Gasteiger partial charge on any atom is 0.167 e. The van der Waals surface area contributed by atoms with E-state index in [-0.39, 0.29) is 5.78 Å². The molecular formula is C14H13NO. The fourth-order valence-corrected chi connectivity index (χ4v) is 1.66. The molecule has 0 saturated carbocycles. The van der Waals surface area contributed by atoms with Gasteiger partial charge in [0.15, 0.2) is 5.78 Å². The number of nitrogens with zero attached hydrogens (tertiary/aromatic N) is 1. The molecule has 80 valence electrons. The van der Waals surface area contributed by atoms with Crippen LogP contribution in [0.1, 0.15) is 29.3 Å². The first-order valence-corrected chi connectivity index (χ1v) is 5.28. The van der Waals surface area contributed by atoms with E-state index in [1.807, 2.05) is 37.3 Å². The van der Waals surface area contributed by atoms with Crippen LogP contribution in [0, 0.1) is 0 Å². The summed E-state index contributed by atoms with van der Waals surface area (Å²) in [5.41, 5.74) is 2.69. The van der Waals surface area contributed by atoms with E-state index in [2.05, 4.69) is 4.98 Å². The smallest absolute Gasteiger partial charge is 0.167 e. The van der Waals surface area contributed by atoms with Gasteiger partial charge in [-0.1, -0.05) is 30.4 Å². The summed E-state index contributed by atoms with van der Waals surface area (Å²) < 4.78 is 0. The molecule has 0 spiro atoms. The van der Waals surface area contributed by atoms with Crippen molar-refractivity contribution < 1.29 is 4.79 Å². The molecule has 1 aromatic rings. The second-order valence-corrected chi connectivity index (χ2v) is 3.66. The van der Waals surface area contributed by atoms with E-state index in [9.17, 15) is 4.79 Å². The lowest BCUT2D eigenvalue weighted by atomic mass is 10.0. The molecule has 0 saturated heterocycles. The molecule has 0 bridgehead atoms. The van der Waals surface area contributed by atoms with E-state index in [0.29, 0.717) is 6.42 Å². The Hall–Kier alpha value is -1.96. The van der Waals surface area contributed by atoms with Crippen molar-refractivity contribution in [2.24, 2.45) is 0 Å². The van der Waals surface area contributed by atoms with Gasteiger partial charge in [0.25, 0.3) is 0 Å². The zero-order valence-corrected chi connectivity index (χ0v) is 9.18. The minimum atomic E-state index is 0.151. The van der Waals surface area contributed by atoms with Gasteiger partial charge in [-0.05, 0) is 18.6 Å². The molecule has 0 amide bonds. The van der Waals surface area contributed by atoms with E-state index >= 15 is 0 Å². The minimum absolute atomic E-state index is 0.151. The summed E-state index contributed by atoms with van der Waals surface area (Å²) in [6.45, 7) is 1.96. The van der Waals surface area contributed by atoms with Gasteiger partial charge in [-0.25, -0.2) is 0 Å². The molecule has 16 heavy (non-hydrogen) atoms. The molecule has 1 aliphatic rings. The number of hydrogen-bond acceptors (Lipinski definition) is 2. The van der Waals surface area contributed by atoms with E-state index < -0.39 is 0 Å². The summed E-state index contributed by atoms with van der Waals surface area (Å²) in [6.07, 6.45) is 13.6. The third-order valence-corrected chi connectivity index (χ3v) is 2.50. The molecule has 1 aliphatic carbocycles. The first-order valence-electron chi connectivity index (χ1n) is 5.28. The normalized spacial score (nSPS) is 17.8. The molecule has 0 N–H and O–H groups in total. The SMILES string of the molecule is C/C=C\C=C1\C=Cc2cnccc2C(=O)C1. The predicted molar refractivity (Wildman–Crippen MR) is 65.1 cm³/mol. The Balaban J connectivity index is 2.39. The average molecular weight is 211 g/mol. The van der Waals surface area contributed by atoms with Crippen LogP contribution in [0.4, 0.5) is 0 Å². The van der Waals surface area contributed by atoms with Crippen LogP contribution in [-0.2, 0) is 0 Å². The van der Waals surface area contributed by atoms with Crippen molar-refractivity contribution in [3.05, 3.63) is 59.5 Å². The number of rotatable bonds is 1. The Morgan fingerprint density at radius 3 is 3.06 bits per heavy atom. The lowest BCUT2D eigenvalue weighted by Gasteiger charge is -2.00. The third kappa shape index (κ3) is 2.16. The quantitative estimate of drug-likeness (QED) is 0.714. The molecule has 0 aliphatic heterocycles. The number of Topliss-reactive ketones (excluding diaryl/α,β-unsaturated/α-hetero) is 1. The summed E-state index contributed by atoms with van der Waals surface area (Å²) in [4.78, 5) is 16.0. The molecule has 2 nitrogen and oxygen atoms in total. The molecule has 0 unspecified atom stereocenters. The molecule has 2 heteroatoms. The lowest BCUT2D eigenvalue weighted by molar-refractivity contribution is 0.0994. The van der Waals surface area contributed by atoms with Gasteiger partial charge in [0.05, 0.1) is 0 Å². The number of carbonyl (C=O) groups excluding carboxylic acids is 1.